The number of hydrogen-bond acceptors (Lipinski definition) is 6. The molecule has 1 aliphatic heterocycles. The van der Waals surface area contributed by atoms with Gasteiger partial charge in [-0.25, -0.2) is 4.99 Å². The second kappa shape index (κ2) is 13.7. The predicted octanol–water partition coefficient (Wildman–Crippen LogP) is 2.17. The molecule has 1 aromatic heterocycles. The van der Waals surface area contributed by atoms with Gasteiger partial charge in [-0.3, -0.25) is 4.90 Å². The van der Waals surface area contributed by atoms with Crippen LogP contribution < -0.4 is 10.6 Å². The summed E-state index contributed by atoms with van der Waals surface area (Å²) in [5, 5.41) is 16.4. The molecule has 0 spiro atoms. The normalized spacial score (nSPS) is 22.7. The first kappa shape index (κ1) is 25.7. The molecule has 0 bridgehead atoms. The van der Waals surface area contributed by atoms with Gasteiger partial charge in [0.2, 0.25) is 0 Å². The minimum absolute atomic E-state index is 0. The Morgan fingerprint density at radius 2 is 2.07 bits per heavy atom. The Morgan fingerprint density at radius 3 is 2.77 bits per heavy atom. The maximum atomic E-state index is 5.43. The van der Waals surface area contributed by atoms with E-state index in [0.29, 0.717) is 12.6 Å². The number of nitrogens with one attached hydrogen (secondary N) is 2. The van der Waals surface area contributed by atoms with E-state index in [2.05, 4.69) is 44.4 Å². The molecule has 1 aromatic rings. The van der Waals surface area contributed by atoms with Crippen LogP contribution in [0.3, 0.4) is 0 Å². The second-order valence-electron chi connectivity index (χ2n) is 7.85. The van der Waals surface area contributed by atoms with Crippen molar-refractivity contribution in [1.29, 1.82) is 0 Å². The number of hydrogen-bond donors (Lipinski definition) is 2. The number of morpholine rings is 1. The molecule has 2 N–H and O–H groups in total. The Balaban J connectivity index is 0.00000320. The Labute approximate surface area is 202 Å². The smallest absolute Gasteiger partial charge is 0.191 e. The number of nitrogens with zero attached hydrogens (tertiary/aromatic N) is 5. The van der Waals surface area contributed by atoms with Crippen molar-refractivity contribution in [3.63, 3.8) is 0 Å². The molecule has 2 atom stereocenters. The molecule has 172 valence electrons. The summed E-state index contributed by atoms with van der Waals surface area (Å²) >= 11 is 2.08. The first-order valence-electron chi connectivity index (χ1n) is 11.0. The maximum Gasteiger partial charge on any atom is 0.191 e. The topological polar surface area (TPSA) is 79.6 Å². The van der Waals surface area contributed by atoms with Crippen molar-refractivity contribution in [2.24, 2.45) is 12.0 Å². The third kappa shape index (κ3) is 8.16. The zero-order valence-corrected chi connectivity index (χ0v) is 21.7. The van der Waals surface area contributed by atoms with Crippen LogP contribution >= 0.6 is 35.7 Å². The Hall–Kier alpha value is -0.590. The molecule has 2 heterocycles. The largest absolute Gasteiger partial charge is 0.379 e. The summed E-state index contributed by atoms with van der Waals surface area (Å²) in [5.74, 6) is 3.91. The minimum atomic E-state index is 0. The van der Waals surface area contributed by atoms with Gasteiger partial charge >= 0.3 is 0 Å². The highest BCUT2D eigenvalue weighted by molar-refractivity contribution is 14.0. The van der Waals surface area contributed by atoms with E-state index in [1.165, 1.54) is 25.0 Å². The third-order valence-corrected chi connectivity index (χ3v) is 6.97. The van der Waals surface area contributed by atoms with E-state index in [-0.39, 0.29) is 24.0 Å². The van der Waals surface area contributed by atoms with Crippen LogP contribution in [0.15, 0.2) is 4.99 Å². The molecule has 30 heavy (non-hydrogen) atoms. The number of halogens is 1. The molecule has 0 amide bonds. The van der Waals surface area contributed by atoms with E-state index >= 15 is 0 Å². The Kier molecular flexibility index (Phi) is 11.8. The lowest BCUT2D eigenvalue weighted by molar-refractivity contribution is 0.0376. The van der Waals surface area contributed by atoms with E-state index in [9.17, 15) is 0 Å². The van der Waals surface area contributed by atoms with Crippen LogP contribution in [-0.4, -0.2) is 82.1 Å². The van der Waals surface area contributed by atoms with Crippen LogP contribution in [0.4, 0.5) is 0 Å². The zero-order chi connectivity index (χ0) is 20.5. The highest BCUT2D eigenvalue weighted by Gasteiger charge is 2.25. The number of aryl methyl sites for hydroxylation is 1. The lowest BCUT2D eigenvalue weighted by Crippen LogP contribution is -2.44. The number of thioether (sulfide) groups is 1. The number of rotatable bonds is 9. The molecule has 0 radical (unpaired) electrons. The van der Waals surface area contributed by atoms with Gasteiger partial charge in [-0.2, -0.15) is 11.8 Å². The minimum Gasteiger partial charge on any atom is -0.379 e. The molecule has 10 heteroatoms. The van der Waals surface area contributed by atoms with Gasteiger partial charge in [0.1, 0.15) is 12.4 Å². The summed E-state index contributed by atoms with van der Waals surface area (Å²) < 4.78 is 7.43. The van der Waals surface area contributed by atoms with Gasteiger partial charge in [0.25, 0.3) is 0 Å². The van der Waals surface area contributed by atoms with Crippen LogP contribution in [0, 0.1) is 6.92 Å². The molecule has 3 rings (SSSR count). The van der Waals surface area contributed by atoms with Gasteiger partial charge in [-0.05, 0) is 44.9 Å². The summed E-state index contributed by atoms with van der Waals surface area (Å²) in [4.78, 5) is 7.29. The first-order chi connectivity index (χ1) is 14.2. The highest BCUT2D eigenvalue weighted by atomic mass is 127. The van der Waals surface area contributed by atoms with Crippen molar-refractivity contribution in [2.45, 2.75) is 57.4 Å². The maximum absolute atomic E-state index is 5.43. The van der Waals surface area contributed by atoms with Crippen molar-refractivity contribution < 1.29 is 4.74 Å². The molecule has 2 fully saturated rings. The van der Waals surface area contributed by atoms with Crippen LogP contribution in [0.5, 0.6) is 0 Å². The molecule has 1 aliphatic carbocycles. The lowest BCUT2D eigenvalue weighted by Gasteiger charge is -2.26. The Morgan fingerprint density at radius 1 is 1.27 bits per heavy atom. The lowest BCUT2D eigenvalue weighted by atomic mass is 10.2. The van der Waals surface area contributed by atoms with Gasteiger partial charge in [-0.15, -0.1) is 34.2 Å². The van der Waals surface area contributed by atoms with Crippen molar-refractivity contribution in [3.05, 3.63) is 11.6 Å². The van der Waals surface area contributed by atoms with Crippen LogP contribution in [0.25, 0.3) is 0 Å². The fraction of sp³-hybridized carbons (Fsp3) is 0.850. The quantitative estimate of drug-likeness (QED) is 0.211. The number of guanidine groups is 1. The van der Waals surface area contributed by atoms with Gasteiger partial charge in [0.05, 0.1) is 13.2 Å². The van der Waals surface area contributed by atoms with Crippen molar-refractivity contribution >= 4 is 41.7 Å². The molecule has 2 unspecified atom stereocenters. The van der Waals surface area contributed by atoms with Crippen molar-refractivity contribution in [3.8, 4) is 0 Å². The van der Waals surface area contributed by atoms with Gasteiger partial charge in [0, 0.05) is 38.0 Å². The number of ether oxygens (including phenoxy) is 1. The zero-order valence-electron chi connectivity index (χ0n) is 18.6. The average molecular weight is 552 g/mol. The summed E-state index contributed by atoms with van der Waals surface area (Å²) in [6.45, 7) is 10.6. The van der Waals surface area contributed by atoms with E-state index < -0.39 is 0 Å². The monoisotopic (exact) mass is 551 g/mol. The number of aromatic nitrogens is 3. The molecule has 1 saturated carbocycles. The second-order valence-corrected chi connectivity index (χ2v) is 9.43. The van der Waals surface area contributed by atoms with Crippen LogP contribution in [0.1, 0.15) is 44.3 Å². The molecular weight excluding hydrogens is 513 g/mol. The molecule has 0 aromatic carbocycles. The average Bonchev–Trinajstić information content (AvgIpc) is 3.31. The fourth-order valence-electron chi connectivity index (χ4n) is 3.88. The summed E-state index contributed by atoms with van der Waals surface area (Å²) in [6, 6.07) is 0.505. The van der Waals surface area contributed by atoms with Crippen molar-refractivity contribution in [2.75, 3.05) is 45.1 Å². The van der Waals surface area contributed by atoms with Gasteiger partial charge in [0.15, 0.2) is 11.8 Å². The standard InChI is InChI=1S/C20H37N7OS.HI/c1-4-29-18-7-6-17(14-18)23-20(22-15-19-25-24-16(2)26(19)3)21-8-5-9-27-10-12-28-13-11-27;/h17-18H,4-15H2,1-3H3,(H2,21,22,23);1H. The highest BCUT2D eigenvalue weighted by Crippen LogP contribution is 2.29. The van der Waals surface area contributed by atoms with Crippen LogP contribution in [0.2, 0.25) is 0 Å². The van der Waals surface area contributed by atoms with E-state index in [4.69, 9.17) is 9.73 Å². The van der Waals surface area contributed by atoms with Crippen molar-refractivity contribution in [1.82, 2.24) is 30.3 Å². The molecular formula is C20H38IN7OS. The first-order valence-corrected chi connectivity index (χ1v) is 12.0. The number of aliphatic imine (C=N–C) groups is 1. The fourth-order valence-corrected chi connectivity index (χ4v) is 5.02. The van der Waals surface area contributed by atoms with E-state index in [1.54, 1.807) is 0 Å². The molecule has 8 nitrogen and oxygen atoms in total. The summed E-state index contributed by atoms with van der Waals surface area (Å²) in [6.07, 6.45) is 4.83. The third-order valence-electron chi connectivity index (χ3n) is 5.74. The van der Waals surface area contributed by atoms with E-state index in [0.717, 1.165) is 68.7 Å². The van der Waals surface area contributed by atoms with Gasteiger partial charge in [-0.1, -0.05) is 6.92 Å². The Bertz CT molecular complexity index is 651. The SMILES string of the molecule is CCSC1CCC(NC(=NCc2nnc(C)n2C)NCCCN2CCOCC2)C1.I. The summed E-state index contributed by atoms with van der Waals surface area (Å²) in [7, 11) is 1.99. The van der Waals surface area contributed by atoms with Crippen LogP contribution in [-0.2, 0) is 18.3 Å². The van der Waals surface area contributed by atoms with E-state index in [1.807, 2.05) is 18.5 Å². The summed E-state index contributed by atoms with van der Waals surface area (Å²) in [5.41, 5.74) is 0. The van der Waals surface area contributed by atoms with Gasteiger partial charge < -0.3 is 19.9 Å². The predicted molar refractivity (Wildman–Crippen MR) is 135 cm³/mol. The molecule has 2 aliphatic rings. The molecule has 1 saturated heterocycles.